The molecule has 6 nitrogen and oxygen atoms in total. The molecule has 0 radical (unpaired) electrons. The van der Waals surface area contributed by atoms with E-state index in [0.29, 0.717) is 16.3 Å². The van der Waals surface area contributed by atoms with Crippen molar-refractivity contribution in [3.8, 4) is 11.3 Å². The van der Waals surface area contributed by atoms with Gasteiger partial charge in [-0.3, -0.25) is 15.8 Å². The molecule has 0 unspecified atom stereocenters. The van der Waals surface area contributed by atoms with Crippen LogP contribution in [-0.2, 0) is 0 Å². The number of rotatable bonds is 2. The fraction of sp³-hybridized carbons (Fsp3) is 0. The SMILES string of the molecule is N=C(c1cncs1)n1nc(-c2cccc(N)c2)ccc1=N. The molecule has 0 spiro atoms. The van der Waals surface area contributed by atoms with Gasteiger partial charge in [0.2, 0.25) is 0 Å². The Labute approximate surface area is 124 Å². The first-order chi connectivity index (χ1) is 10.1. The van der Waals surface area contributed by atoms with Gasteiger partial charge in [0.15, 0.2) is 5.84 Å². The Kier molecular flexibility index (Phi) is 3.33. The van der Waals surface area contributed by atoms with Crippen LogP contribution in [0.4, 0.5) is 5.69 Å². The van der Waals surface area contributed by atoms with Crippen molar-refractivity contribution in [2.24, 2.45) is 0 Å². The highest BCUT2D eigenvalue weighted by atomic mass is 32.1. The van der Waals surface area contributed by atoms with Crippen LogP contribution in [0.2, 0.25) is 0 Å². The van der Waals surface area contributed by atoms with Crippen LogP contribution in [0.25, 0.3) is 11.3 Å². The van der Waals surface area contributed by atoms with Crippen molar-refractivity contribution >= 4 is 22.9 Å². The van der Waals surface area contributed by atoms with E-state index in [4.69, 9.17) is 16.6 Å². The number of nitrogens with two attached hydrogens (primary N) is 1. The van der Waals surface area contributed by atoms with Gasteiger partial charge in [0.1, 0.15) is 5.49 Å². The largest absolute Gasteiger partial charge is 0.399 e. The predicted octanol–water partition coefficient (Wildman–Crippen LogP) is 1.94. The number of anilines is 1. The van der Waals surface area contributed by atoms with E-state index in [1.165, 1.54) is 16.0 Å². The van der Waals surface area contributed by atoms with Gasteiger partial charge < -0.3 is 5.73 Å². The lowest BCUT2D eigenvalue weighted by molar-refractivity contribution is 0.817. The number of nitrogen functional groups attached to an aromatic ring is 1. The molecule has 1 aromatic carbocycles. The fourth-order valence-corrected chi connectivity index (χ4v) is 2.44. The van der Waals surface area contributed by atoms with Crippen molar-refractivity contribution in [2.45, 2.75) is 0 Å². The first-order valence-corrected chi connectivity index (χ1v) is 7.02. The summed E-state index contributed by atoms with van der Waals surface area (Å²) in [6.45, 7) is 0. The molecule has 21 heavy (non-hydrogen) atoms. The first-order valence-electron chi connectivity index (χ1n) is 6.14. The molecular formula is C14H12N6S. The van der Waals surface area contributed by atoms with Crippen molar-refractivity contribution in [3.05, 3.63) is 58.5 Å². The number of hydrogen-bond donors (Lipinski definition) is 3. The monoisotopic (exact) mass is 296 g/mol. The third-order valence-electron chi connectivity index (χ3n) is 2.89. The average molecular weight is 296 g/mol. The summed E-state index contributed by atoms with van der Waals surface area (Å²) in [5.41, 5.74) is 9.72. The maximum absolute atomic E-state index is 8.16. The summed E-state index contributed by atoms with van der Waals surface area (Å²) < 4.78 is 1.28. The van der Waals surface area contributed by atoms with Gasteiger partial charge in [0, 0.05) is 17.4 Å². The van der Waals surface area contributed by atoms with Gasteiger partial charge in [0.25, 0.3) is 0 Å². The molecule has 4 N–H and O–H groups in total. The Balaban J connectivity index is 2.09. The number of thiazole rings is 1. The Bertz CT molecular complexity index is 850. The molecule has 2 aromatic heterocycles. The summed E-state index contributed by atoms with van der Waals surface area (Å²) in [5.74, 6) is 0.133. The standard InChI is InChI=1S/C14H12N6S/c15-10-3-1-2-9(6-10)11-4-5-13(16)20(19-11)14(17)12-7-18-8-21-12/h1-8,16-17H,15H2. The molecule has 0 atom stereocenters. The molecule has 3 rings (SSSR count). The summed E-state index contributed by atoms with van der Waals surface area (Å²) >= 11 is 1.34. The van der Waals surface area contributed by atoms with E-state index >= 15 is 0 Å². The molecule has 0 saturated carbocycles. The Morgan fingerprint density at radius 1 is 1.24 bits per heavy atom. The van der Waals surface area contributed by atoms with Crippen LogP contribution in [0, 0.1) is 10.8 Å². The van der Waals surface area contributed by atoms with Crippen LogP contribution < -0.4 is 11.2 Å². The summed E-state index contributed by atoms with van der Waals surface area (Å²) in [4.78, 5) is 4.61. The maximum atomic E-state index is 8.16. The van der Waals surface area contributed by atoms with Crippen LogP contribution in [0.3, 0.4) is 0 Å². The van der Waals surface area contributed by atoms with Gasteiger partial charge in [-0.25, -0.2) is 0 Å². The van der Waals surface area contributed by atoms with Gasteiger partial charge in [-0.2, -0.15) is 9.78 Å². The Hall–Kier alpha value is -2.80. The van der Waals surface area contributed by atoms with Crippen LogP contribution >= 0.6 is 11.3 Å². The molecule has 3 aromatic rings. The number of nitrogens with zero attached hydrogens (tertiary/aromatic N) is 3. The second kappa shape index (κ2) is 5.29. The quantitative estimate of drug-likeness (QED) is 0.382. The maximum Gasteiger partial charge on any atom is 0.167 e. The van der Waals surface area contributed by atoms with Crippen molar-refractivity contribution in [3.63, 3.8) is 0 Å². The second-order valence-corrected chi connectivity index (χ2v) is 5.24. The predicted molar refractivity (Wildman–Crippen MR) is 82.3 cm³/mol. The van der Waals surface area contributed by atoms with Crippen molar-refractivity contribution in [1.29, 1.82) is 10.8 Å². The van der Waals surface area contributed by atoms with Crippen LogP contribution in [0.5, 0.6) is 0 Å². The molecule has 0 amide bonds. The van der Waals surface area contributed by atoms with Gasteiger partial charge in [-0.15, -0.1) is 11.3 Å². The van der Waals surface area contributed by atoms with E-state index in [1.54, 1.807) is 29.9 Å². The van der Waals surface area contributed by atoms with Crippen LogP contribution in [-0.4, -0.2) is 20.6 Å². The van der Waals surface area contributed by atoms with E-state index in [-0.39, 0.29) is 11.3 Å². The van der Waals surface area contributed by atoms with Crippen LogP contribution in [0.15, 0.2) is 48.1 Å². The lowest BCUT2D eigenvalue weighted by Gasteiger charge is -2.08. The third-order valence-corrected chi connectivity index (χ3v) is 3.67. The minimum atomic E-state index is 0.133. The van der Waals surface area contributed by atoms with Crippen molar-refractivity contribution in [1.82, 2.24) is 14.8 Å². The fourth-order valence-electron chi connectivity index (χ4n) is 1.88. The highest BCUT2D eigenvalue weighted by Crippen LogP contribution is 2.18. The van der Waals surface area contributed by atoms with Gasteiger partial charge >= 0.3 is 0 Å². The topological polar surface area (TPSA) is 104 Å². The summed E-state index contributed by atoms with van der Waals surface area (Å²) in [7, 11) is 0. The molecule has 0 bridgehead atoms. The van der Waals surface area contributed by atoms with Crippen molar-refractivity contribution < 1.29 is 0 Å². The molecule has 0 aliphatic carbocycles. The van der Waals surface area contributed by atoms with E-state index < -0.39 is 0 Å². The normalized spacial score (nSPS) is 10.5. The summed E-state index contributed by atoms with van der Waals surface area (Å²) in [6.07, 6.45) is 1.59. The lowest BCUT2D eigenvalue weighted by Crippen LogP contribution is -2.29. The van der Waals surface area contributed by atoms with E-state index in [9.17, 15) is 0 Å². The first kappa shape index (κ1) is 13.2. The zero-order valence-corrected chi connectivity index (χ0v) is 11.8. The molecular weight excluding hydrogens is 284 g/mol. The zero-order valence-electron chi connectivity index (χ0n) is 10.9. The smallest absolute Gasteiger partial charge is 0.167 e. The van der Waals surface area contributed by atoms with E-state index in [1.807, 2.05) is 18.2 Å². The minimum absolute atomic E-state index is 0.133. The average Bonchev–Trinajstić information content (AvgIpc) is 3.01. The molecule has 2 heterocycles. The molecule has 104 valence electrons. The number of aromatic nitrogens is 3. The van der Waals surface area contributed by atoms with Gasteiger partial charge in [-0.1, -0.05) is 12.1 Å². The highest BCUT2D eigenvalue weighted by molar-refractivity contribution is 7.11. The van der Waals surface area contributed by atoms with E-state index in [2.05, 4.69) is 10.1 Å². The number of hydrogen-bond acceptors (Lipinski definition) is 6. The third kappa shape index (κ3) is 2.59. The number of nitrogens with one attached hydrogen (secondary N) is 2. The molecule has 7 heteroatoms. The minimum Gasteiger partial charge on any atom is -0.399 e. The molecule has 0 aliphatic heterocycles. The molecule has 0 fully saturated rings. The summed E-state index contributed by atoms with van der Waals surface area (Å²) in [6, 6.07) is 10.7. The van der Waals surface area contributed by atoms with Crippen molar-refractivity contribution in [2.75, 3.05) is 5.73 Å². The van der Waals surface area contributed by atoms with E-state index in [0.717, 1.165) is 5.56 Å². The lowest BCUT2D eigenvalue weighted by atomic mass is 10.1. The Morgan fingerprint density at radius 3 is 2.81 bits per heavy atom. The van der Waals surface area contributed by atoms with Crippen LogP contribution in [0.1, 0.15) is 4.88 Å². The molecule has 0 aliphatic rings. The second-order valence-electron chi connectivity index (χ2n) is 4.36. The zero-order chi connectivity index (χ0) is 14.8. The molecule has 0 saturated heterocycles. The van der Waals surface area contributed by atoms with Gasteiger partial charge in [0.05, 0.1) is 16.1 Å². The summed E-state index contributed by atoms with van der Waals surface area (Å²) in [5, 5.41) is 20.4. The number of benzene rings is 1. The highest BCUT2D eigenvalue weighted by Gasteiger charge is 2.09. The Morgan fingerprint density at radius 2 is 2.10 bits per heavy atom. The van der Waals surface area contributed by atoms with Gasteiger partial charge in [-0.05, 0) is 24.3 Å².